The molecule has 3 N–H and O–H groups in total. The SMILES string of the molecule is CC1(C)CC(Nc2cc(-n3cccn3)nc(N)n2)C(C)(C)O1. The van der Waals surface area contributed by atoms with Crippen molar-refractivity contribution in [1.82, 2.24) is 19.7 Å². The van der Waals surface area contributed by atoms with Crippen molar-refractivity contribution in [2.24, 2.45) is 0 Å². The molecule has 1 fully saturated rings. The number of anilines is 2. The van der Waals surface area contributed by atoms with Crippen LogP contribution in [-0.4, -0.2) is 37.0 Å². The molecule has 7 nitrogen and oxygen atoms in total. The first-order chi connectivity index (χ1) is 10.3. The Bertz CT molecular complexity index is 665. The van der Waals surface area contributed by atoms with Gasteiger partial charge in [-0.3, -0.25) is 0 Å². The summed E-state index contributed by atoms with van der Waals surface area (Å²) in [4.78, 5) is 8.49. The molecule has 1 aliphatic rings. The van der Waals surface area contributed by atoms with E-state index in [-0.39, 0.29) is 23.2 Å². The Balaban J connectivity index is 1.87. The van der Waals surface area contributed by atoms with Crippen LogP contribution in [0.3, 0.4) is 0 Å². The zero-order chi connectivity index (χ0) is 16.0. The van der Waals surface area contributed by atoms with Crippen LogP contribution in [0, 0.1) is 0 Å². The summed E-state index contributed by atoms with van der Waals surface area (Å²) >= 11 is 0. The maximum Gasteiger partial charge on any atom is 0.224 e. The number of nitrogens with zero attached hydrogens (tertiary/aromatic N) is 4. The van der Waals surface area contributed by atoms with Crippen molar-refractivity contribution in [2.45, 2.75) is 51.4 Å². The number of nitrogen functional groups attached to an aromatic ring is 1. The van der Waals surface area contributed by atoms with Gasteiger partial charge in [0.25, 0.3) is 0 Å². The summed E-state index contributed by atoms with van der Waals surface area (Å²) in [6, 6.07) is 3.81. The number of nitrogens with two attached hydrogens (primary N) is 1. The lowest BCUT2D eigenvalue weighted by Gasteiger charge is -2.28. The van der Waals surface area contributed by atoms with Crippen molar-refractivity contribution >= 4 is 11.8 Å². The molecule has 3 heterocycles. The highest BCUT2D eigenvalue weighted by Gasteiger charge is 2.46. The molecule has 0 spiro atoms. The van der Waals surface area contributed by atoms with Crippen LogP contribution in [0.15, 0.2) is 24.5 Å². The van der Waals surface area contributed by atoms with Crippen LogP contribution in [0.5, 0.6) is 0 Å². The fraction of sp³-hybridized carbons (Fsp3) is 0.533. The van der Waals surface area contributed by atoms with Gasteiger partial charge in [0.05, 0.1) is 17.2 Å². The lowest BCUT2D eigenvalue weighted by molar-refractivity contribution is -0.0662. The van der Waals surface area contributed by atoms with E-state index in [1.54, 1.807) is 10.9 Å². The molecule has 0 amide bonds. The van der Waals surface area contributed by atoms with Crippen molar-refractivity contribution in [2.75, 3.05) is 11.1 Å². The van der Waals surface area contributed by atoms with Crippen LogP contribution in [-0.2, 0) is 4.74 Å². The predicted octanol–water partition coefficient (Wildman–Crippen LogP) is 2.00. The normalized spacial score (nSPS) is 22.6. The molecule has 3 rings (SSSR count). The Hall–Kier alpha value is -2.15. The van der Waals surface area contributed by atoms with E-state index >= 15 is 0 Å². The molecular weight excluding hydrogens is 280 g/mol. The van der Waals surface area contributed by atoms with Gasteiger partial charge in [0.1, 0.15) is 5.82 Å². The van der Waals surface area contributed by atoms with E-state index < -0.39 is 0 Å². The number of nitrogens with one attached hydrogen (secondary N) is 1. The van der Waals surface area contributed by atoms with Crippen LogP contribution in [0.2, 0.25) is 0 Å². The molecular formula is C15H22N6O. The monoisotopic (exact) mass is 302 g/mol. The van der Waals surface area contributed by atoms with Crippen molar-refractivity contribution in [3.8, 4) is 5.82 Å². The Kier molecular flexibility index (Phi) is 3.32. The first kappa shape index (κ1) is 14.8. The van der Waals surface area contributed by atoms with Crippen molar-refractivity contribution in [3.05, 3.63) is 24.5 Å². The fourth-order valence-electron chi connectivity index (χ4n) is 3.01. The minimum atomic E-state index is -0.283. The van der Waals surface area contributed by atoms with E-state index in [9.17, 15) is 0 Å². The Morgan fingerprint density at radius 1 is 1.32 bits per heavy atom. The predicted molar refractivity (Wildman–Crippen MR) is 84.8 cm³/mol. The number of hydrogen-bond donors (Lipinski definition) is 2. The summed E-state index contributed by atoms with van der Waals surface area (Å²) in [5.74, 6) is 1.53. The smallest absolute Gasteiger partial charge is 0.224 e. The lowest BCUT2D eigenvalue weighted by Crippen LogP contribution is -2.38. The summed E-state index contributed by atoms with van der Waals surface area (Å²) in [7, 11) is 0. The number of ether oxygens (including phenoxy) is 1. The second-order valence-electron chi connectivity index (χ2n) is 6.79. The van der Waals surface area contributed by atoms with Crippen LogP contribution in [0.1, 0.15) is 34.1 Å². The van der Waals surface area contributed by atoms with Crippen LogP contribution in [0.4, 0.5) is 11.8 Å². The minimum absolute atomic E-state index is 0.141. The molecule has 1 unspecified atom stereocenters. The van der Waals surface area contributed by atoms with Gasteiger partial charge in [-0.2, -0.15) is 15.1 Å². The summed E-state index contributed by atoms with van der Waals surface area (Å²) in [6.07, 6.45) is 4.40. The molecule has 0 radical (unpaired) electrons. The van der Waals surface area contributed by atoms with Gasteiger partial charge in [0, 0.05) is 18.5 Å². The number of hydrogen-bond acceptors (Lipinski definition) is 6. The molecule has 2 aromatic rings. The highest BCUT2D eigenvalue weighted by atomic mass is 16.5. The van der Waals surface area contributed by atoms with E-state index in [0.29, 0.717) is 11.6 Å². The van der Waals surface area contributed by atoms with Gasteiger partial charge in [0.2, 0.25) is 5.95 Å². The molecule has 1 atom stereocenters. The molecule has 1 saturated heterocycles. The minimum Gasteiger partial charge on any atom is -0.368 e. The quantitative estimate of drug-likeness (QED) is 0.901. The van der Waals surface area contributed by atoms with Crippen LogP contribution >= 0.6 is 0 Å². The third kappa shape index (κ3) is 2.89. The van der Waals surface area contributed by atoms with Crippen molar-refractivity contribution in [3.63, 3.8) is 0 Å². The summed E-state index contributed by atoms with van der Waals surface area (Å²) < 4.78 is 7.76. The third-order valence-corrected chi connectivity index (χ3v) is 3.87. The van der Waals surface area contributed by atoms with Crippen LogP contribution < -0.4 is 11.1 Å². The second-order valence-corrected chi connectivity index (χ2v) is 6.79. The maximum atomic E-state index is 6.10. The van der Waals surface area contributed by atoms with Gasteiger partial charge in [-0.1, -0.05) is 0 Å². The van der Waals surface area contributed by atoms with Crippen molar-refractivity contribution in [1.29, 1.82) is 0 Å². The summed E-state index contributed by atoms with van der Waals surface area (Å²) in [5, 5.41) is 7.60. The fourth-order valence-corrected chi connectivity index (χ4v) is 3.01. The topological polar surface area (TPSA) is 90.9 Å². The van der Waals surface area contributed by atoms with E-state index in [1.165, 1.54) is 0 Å². The van der Waals surface area contributed by atoms with E-state index in [0.717, 1.165) is 6.42 Å². The van der Waals surface area contributed by atoms with Gasteiger partial charge in [-0.15, -0.1) is 0 Å². The van der Waals surface area contributed by atoms with E-state index in [4.69, 9.17) is 10.5 Å². The molecule has 0 bridgehead atoms. The van der Waals surface area contributed by atoms with E-state index in [2.05, 4.69) is 48.1 Å². The Labute approximate surface area is 129 Å². The van der Waals surface area contributed by atoms with Gasteiger partial charge >= 0.3 is 0 Å². The summed E-state index contributed by atoms with van der Waals surface area (Å²) in [6.45, 7) is 8.36. The molecule has 0 aliphatic carbocycles. The molecule has 0 aromatic carbocycles. The Morgan fingerprint density at radius 2 is 2.09 bits per heavy atom. The molecule has 0 saturated carbocycles. The molecule has 7 heteroatoms. The highest BCUT2D eigenvalue weighted by molar-refractivity contribution is 5.46. The number of aromatic nitrogens is 4. The zero-order valence-electron chi connectivity index (χ0n) is 13.4. The van der Waals surface area contributed by atoms with Gasteiger partial charge in [-0.05, 0) is 40.2 Å². The second kappa shape index (κ2) is 4.95. The molecule has 22 heavy (non-hydrogen) atoms. The molecule has 1 aliphatic heterocycles. The van der Waals surface area contributed by atoms with E-state index in [1.807, 2.05) is 18.3 Å². The van der Waals surface area contributed by atoms with Crippen LogP contribution in [0.25, 0.3) is 5.82 Å². The first-order valence-electron chi connectivity index (χ1n) is 7.36. The molecule has 2 aromatic heterocycles. The standard InChI is InChI=1S/C15H22N6O/c1-14(2)9-10(15(3,4)22-14)18-11-8-12(20-13(16)19-11)21-7-5-6-17-21/h5-8,10H,9H2,1-4H3,(H3,16,18,19,20). The zero-order valence-corrected chi connectivity index (χ0v) is 13.4. The summed E-state index contributed by atoms with van der Waals surface area (Å²) in [5.41, 5.74) is 5.38. The van der Waals surface area contributed by atoms with Crippen molar-refractivity contribution < 1.29 is 4.74 Å². The lowest BCUT2D eigenvalue weighted by atomic mass is 9.94. The Morgan fingerprint density at radius 3 is 2.68 bits per heavy atom. The largest absolute Gasteiger partial charge is 0.368 e. The maximum absolute atomic E-state index is 6.10. The van der Waals surface area contributed by atoms with Gasteiger partial charge in [-0.25, -0.2) is 4.68 Å². The van der Waals surface area contributed by atoms with Gasteiger partial charge in [0.15, 0.2) is 5.82 Å². The molecule has 118 valence electrons. The highest BCUT2D eigenvalue weighted by Crippen LogP contribution is 2.38. The average molecular weight is 302 g/mol. The van der Waals surface area contributed by atoms with Gasteiger partial charge < -0.3 is 15.8 Å². The first-order valence-corrected chi connectivity index (χ1v) is 7.36. The number of rotatable bonds is 3. The third-order valence-electron chi connectivity index (χ3n) is 3.87. The average Bonchev–Trinajstić information content (AvgIpc) is 2.95.